The van der Waals surface area contributed by atoms with Crippen LogP contribution in [-0.2, 0) is 32.7 Å². The molecule has 0 saturated heterocycles. The van der Waals surface area contributed by atoms with Gasteiger partial charge in [-0.2, -0.15) is 0 Å². The molecule has 0 radical (unpaired) electrons. The second-order valence-electron chi connectivity index (χ2n) is 16.9. The Morgan fingerprint density at radius 3 is 1.33 bits per heavy atom. The lowest BCUT2D eigenvalue weighted by Gasteiger charge is -2.41. The molecule has 378 valence electrons. The van der Waals surface area contributed by atoms with Gasteiger partial charge in [-0.25, -0.2) is 4.57 Å². The molecule has 6 atom stereocenters. The Bertz CT molecular complexity index is 1470. The molecule has 1 fully saturated rings. The van der Waals surface area contributed by atoms with Crippen LogP contribution in [0.15, 0.2) is 85.1 Å². The number of aliphatic hydroxyl groups is 5. The quantitative estimate of drug-likeness (QED) is 0.0146. The summed E-state index contributed by atoms with van der Waals surface area (Å²) in [7, 11) is -5.14. The van der Waals surface area contributed by atoms with Crippen molar-refractivity contribution in [2.45, 2.75) is 217 Å². The summed E-state index contributed by atoms with van der Waals surface area (Å²) < 4.78 is 33.6. The number of aliphatic hydroxyl groups excluding tert-OH is 5. The number of rotatable bonds is 40. The Morgan fingerprint density at radius 2 is 0.864 bits per heavy atom. The molecule has 0 heterocycles. The van der Waals surface area contributed by atoms with E-state index < -0.39 is 75.7 Å². The fourth-order valence-electron chi connectivity index (χ4n) is 6.99. The number of phosphoric ester groups is 1. The SMILES string of the molecule is CC/C=C\C/C=C\C/C=C\C/C=C\C/C=C\CCCCCC(=O)OC(COC(=O)CCCCCCCCC/C=C\C/C=C\CCCCCC)COP(=O)(O)OC1C(O)C(O)C(O)C(O)C1O. The predicted molar refractivity (Wildman–Crippen MR) is 262 cm³/mol. The monoisotopic (exact) mass is 951 g/mol. The summed E-state index contributed by atoms with van der Waals surface area (Å²) in [5, 5.41) is 50.2. The number of allylic oxidation sites excluding steroid dienone is 14. The van der Waals surface area contributed by atoms with E-state index in [0.29, 0.717) is 12.8 Å². The van der Waals surface area contributed by atoms with E-state index in [9.17, 15) is 44.6 Å². The van der Waals surface area contributed by atoms with Gasteiger partial charge in [0.1, 0.15) is 43.2 Å². The molecule has 1 saturated carbocycles. The molecule has 0 spiro atoms. The molecule has 0 amide bonds. The van der Waals surface area contributed by atoms with Crippen LogP contribution in [0.25, 0.3) is 0 Å². The summed E-state index contributed by atoms with van der Waals surface area (Å²) in [4.78, 5) is 35.8. The Morgan fingerprint density at radius 1 is 0.485 bits per heavy atom. The van der Waals surface area contributed by atoms with Crippen molar-refractivity contribution in [3.05, 3.63) is 85.1 Å². The smallest absolute Gasteiger partial charge is 0.462 e. The molecule has 1 aliphatic carbocycles. The average molecular weight is 951 g/mol. The summed E-state index contributed by atoms with van der Waals surface area (Å²) in [5.41, 5.74) is 0. The van der Waals surface area contributed by atoms with Gasteiger partial charge in [-0.05, 0) is 89.9 Å². The minimum absolute atomic E-state index is 0.0512. The zero-order valence-corrected chi connectivity index (χ0v) is 41.1. The molecular weight excluding hydrogens is 864 g/mol. The van der Waals surface area contributed by atoms with E-state index in [4.69, 9.17) is 18.5 Å². The second kappa shape index (κ2) is 41.0. The summed E-state index contributed by atoms with van der Waals surface area (Å²) >= 11 is 0. The number of hydrogen-bond acceptors (Lipinski definition) is 12. The molecule has 14 heteroatoms. The number of esters is 2. The molecule has 6 N–H and O–H groups in total. The van der Waals surface area contributed by atoms with Crippen molar-refractivity contribution in [1.82, 2.24) is 0 Å². The molecule has 0 aromatic rings. The van der Waals surface area contributed by atoms with Crippen LogP contribution >= 0.6 is 7.82 Å². The summed E-state index contributed by atoms with van der Waals surface area (Å²) in [6, 6.07) is 0. The predicted octanol–water partition coefficient (Wildman–Crippen LogP) is 10.4. The van der Waals surface area contributed by atoms with Gasteiger partial charge in [0.25, 0.3) is 0 Å². The molecular formula is C52H87O13P. The number of carbonyl (C=O) groups excluding carboxylic acids is 2. The van der Waals surface area contributed by atoms with Crippen molar-refractivity contribution in [2.24, 2.45) is 0 Å². The average Bonchev–Trinajstić information content (AvgIpc) is 3.30. The first-order valence-corrected chi connectivity index (χ1v) is 26.4. The largest absolute Gasteiger partial charge is 0.472 e. The van der Waals surface area contributed by atoms with Crippen LogP contribution in [0.3, 0.4) is 0 Å². The van der Waals surface area contributed by atoms with Crippen molar-refractivity contribution >= 4 is 19.8 Å². The van der Waals surface area contributed by atoms with Crippen molar-refractivity contribution < 1.29 is 63.1 Å². The highest BCUT2D eigenvalue weighted by atomic mass is 31.2. The van der Waals surface area contributed by atoms with Crippen LogP contribution in [0.1, 0.15) is 174 Å². The Hall–Kier alpha value is -2.97. The zero-order chi connectivity index (χ0) is 48.5. The van der Waals surface area contributed by atoms with E-state index in [1.54, 1.807) is 0 Å². The van der Waals surface area contributed by atoms with Gasteiger partial charge in [-0.15, -0.1) is 0 Å². The number of carbonyl (C=O) groups is 2. The van der Waals surface area contributed by atoms with Gasteiger partial charge in [0.2, 0.25) is 0 Å². The van der Waals surface area contributed by atoms with Gasteiger partial charge in [0.05, 0.1) is 6.61 Å². The van der Waals surface area contributed by atoms with Gasteiger partial charge in [0, 0.05) is 12.8 Å². The van der Waals surface area contributed by atoms with Gasteiger partial charge < -0.3 is 39.9 Å². The van der Waals surface area contributed by atoms with Crippen molar-refractivity contribution in [2.75, 3.05) is 13.2 Å². The van der Waals surface area contributed by atoms with Crippen LogP contribution in [0.4, 0.5) is 0 Å². The van der Waals surface area contributed by atoms with Crippen molar-refractivity contribution in [1.29, 1.82) is 0 Å². The van der Waals surface area contributed by atoms with Crippen LogP contribution < -0.4 is 0 Å². The Balaban J connectivity index is 2.46. The van der Waals surface area contributed by atoms with E-state index in [2.05, 4.69) is 98.9 Å². The normalized spacial score (nSPS) is 22.0. The first kappa shape index (κ1) is 61.0. The molecule has 1 rings (SSSR count). The van der Waals surface area contributed by atoms with Gasteiger partial charge >= 0.3 is 19.8 Å². The molecule has 66 heavy (non-hydrogen) atoms. The van der Waals surface area contributed by atoms with E-state index in [1.807, 2.05) is 0 Å². The Labute approximate surface area is 397 Å². The number of ether oxygens (including phenoxy) is 2. The van der Waals surface area contributed by atoms with Gasteiger partial charge in [-0.3, -0.25) is 18.6 Å². The maximum atomic E-state index is 12.8. The number of hydrogen-bond donors (Lipinski definition) is 6. The maximum Gasteiger partial charge on any atom is 0.472 e. The topological polar surface area (TPSA) is 210 Å². The van der Waals surface area contributed by atoms with Crippen molar-refractivity contribution in [3.8, 4) is 0 Å². The molecule has 1 aliphatic rings. The van der Waals surface area contributed by atoms with Crippen LogP contribution in [0.5, 0.6) is 0 Å². The van der Waals surface area contributed by atoms with Gasteiger partial charge in [0.15, 0.2) is 6.10 Å². The summed E-state index contributed by atoms with van der Waals surface area (Å²) in [6.07, 6.45) is 40.5. The number of unbranched alkanes of at least 4 members (excludes halogenated alkanes) is 14. The maximum absolute atomic E-state index is 12.8. The lowest BCUT2D eigenvalue weighted by molar-refractivity contribution is -0.220. The van der Waals surface area contributed by atoms with E-state index in [0.717, 1.165) is 103 Å². The summed E-state index contributed by atoms with van der Waals surface area (Å²) in [6.45, 7) is 3.14. The molecule has 0 aromatic carbocycles. The minimum atomic E-state index is -5.14. The third-order valence-electron chi connectivity index (χ3n) is 11.0. The molecule has 6 unspecified atom stereocenters. The molecule has 0 aromatic heterocycles. The first-order chi connectivity index (χ1) is 31.9. The highest BCUT2D eigenvalue weighted by molar-refractivity contribution is 7.47. The van der Waals surface area contributed by atoms with Crippen LogP contribution in [0, 0.1) is 0 Å². The minimum Gasteiger partial charge on any atom is -0.462 e. The first-order valence-electron chi connectivity index (χ1n) is 24.9. The van der Waals surface area contributed by atoms with Gasteiger partial charge in [-0.1, -0.05) is 157 Å². The van der Waals surface area contributed by atoms with Crippen molar-refractivity contribution in [3.63, 3.8) is 0 Å². The third-order valence-corrected chi connectivity index (χ3v) is 12.0. The lowest BCUT2D eigenvalue weighted by atomic mass is 9.85. The van der Waals surface area contributed by atoms with E-state index in [1.165, 1.54) is 32.1 Å². The number of phosphoric acid groups is 1. The van der Waals surface area contributed by atoms with E-state index in [-0.39, 0.29) is 12.8 Å². The van der Waals surface area contributed by atoms with Crippen LogP contribution in [0.2, 0.25) is 0 Å². The lowest BCUT2D eigenvalue weighted by Crippen LogP contribution is -2.64. The third kappa shape index (κ3) is 32.7. The Kier molecular flexibility index (Phi) is 38.0. The van der Waals surface area contributed by atoms with Crippen LogP contribution in [-0.4, -0.2) is 98.3 Å². The molecule has 13 nitrogen and oxygen atoms in total. The standard InChI is InChI=1S/C52H87O13P/c1-3-5-7-9-11-13-15-17-19-21-23-25-27-29-31-33-35-37-39-41-46(54)64-44(43-63-66(60,61)65-52-50(58)48(56)47(55)49(57)51(52)59)42-62-45(53)40-38-36-34-32-30-28-26-24-22-20-18-16-14-12-10-8-6-4-2/h5,7,11,13-14,16-17,19-20,22-23,25,29,31,44,47-52,55-59H,3-4,6,8-10,12,15,18,21,24,26-28,30,32-43H2,1-2H3,(H,60,61)/b7-5-,13-11-,16-14-,19-17-,22-20-,25-23-,31-29-. The summed E-state index contributed by atoms with van der Waals surface area (Å²) in [5.74, 6) is -1.15. The molecule has 0 bridgehead atoms. The fraction of sp³-hybridized carbons (Fsp3) is 0.692. The zero-order valence-electron chi connectivity index (χ0n) is 40.2. The highest BCUT2D eigenvalue weighted by Crippen LogP contribution is 2.47. The second-order valence-corrected chi connectivity index (χ2v) is 18.3. The molecule has 0 aliphatic heterocycles. The fourth-order valence-corrected chi connectivity index (χ4v) is 7.96. The van der Waals surface area contributed by atoms with E-state index >= 15 is 0 Å². The highest BCUT2D eigenvalue weighted by Gasteiger charge is 2.51.